The van der Waals surface area contributed by atoms with Gasteiger partial charge >= 0.3 is 0 Å². The van der Waals surface area contributed by atoms with Crippen molar-refractivity contribution in [2.24, 2.45) is 0 Å². The van der Waals surface area contributed by atoms with Crippen LogP contribution in [0.4, 0.5) is 45.5 Å². The minimum Gasteiger partial charge on any atom is -0.334 e. The molecular formula is C102H72B2N4S2. The summed E-state index contributed by atoms with van der Waals surface area (Å²) in [6.45, 7) is -0.00383. The number of thioether (sulfide) groups is 1. The van der Waals surface area contributed by atoms with Crippen LogP contribution >= 0.6 is 23.5 Å². The number of hydrogen-bond donors (Lipinski definition) is 0. The molecule has 4 nitrogen and oxygen atoms in total. The van der Waals surface area contributed by atoms with E-state index in [1.165, 1.54) is 115 Å². The Morgan fingerprint density at radius 2 is 0.773 bits per heavy atom. The first-order valence-corrected chi connectivity index (χ1v) is 40.0. The first-order valence-electron chi connectivity index (χ1n) is 38.3. The molecule has 518 valence electrons. The third-order valence-electron chi connectivity index (χ3n) is 23.2. The molecule has 0 bridgehead atoms. The SMILES string of the molecule is C1=C2B3c4ccccc4N(c4ccccc4)C4=CC(N(c5ccc(-c6ccccc6)cc5)c5ccccc5-c5ccccc5)=CC(C34)N(c3c(-c4ccccc4)cccc3-c3ccccc3)C2=CC2Sc3cc(N(c4ccc(-c5ccccc5)cc4)c4ccccc4-c4ccccc4)cc4c3B(c3ccccc3S4)C12. The summed E-state index contributed by atoms with van der Waals surface area (Å²) in [5, 5.41) is 0.00270. The Balaban J connectivity index is 0.829. The topological polar surface area (TPSA) is 13.0 Å². The van der Waals surface area contributed by atoms with Gasteiger partial charge in [0.15, 0.2) is 0 Å². The fraction of sp³-hybridized carbons (Fsp3) is 0.0392. The zero-order valence-electron chi connectivity index (χ0n) is 60.3. The fourth-order valence-corrected chi connectivity index (χ4v) is 21.1. The van der Waals surface area contributed by atoms with Crippen molar-refractivity contribution >= 4 is 98.8 Å². The summed E-state index contributed by atoms with van der Waals surface area (Å²) in [7, 11) is 0. The van der Waals surface area contributed by atoms with Crippen molar-refractivity contribution < 1.29 is 0 Å². The summed E-state index contributed by atoms with van der Waals surface area (Å²) in [4.78, 5) is 14.5. The van der Waals surface area contributed by atoms with E-state index in [4.69, 9.17) is 0 Å². The maximum absolute atomic E-state index is 2.86. The lowest BCUT2D eigenvalue weighted by Crippen LogP contribution is -2.62. The Morgan fingerprint density at radius 3 is 1.35 bits per heavy atom. The first-order chi connectivity index (χ1) is 54.6. The fourth-order valence-electron chi connectivity index (χ4n) is 18.4. The van der Waals surface area contributed by atoms with E-state index < -0.39 is 0 Å². The van der Waals surface area contributed by atoms with Crippen LogP contribution in [0.5, 0.6) is 0 Å². The van der Waals surface area contributed by atoms with E-state index in [2.05, 4.69) is 444 Å². The zero-order valence-corrected chi connectivity index (χ0v) is 62.0. The number of nitrogens with zero attached hydrogens (tertiary/aromatic N) is 4. The molecule has 0 radical (unpaired) electrons. The highest BCUT2D eigenvalue weighted by Gasteiger charge is 2.57. The summed E-state index contributed by atoms with van der Waals surface area (Å²) in [6, 6.07) is 144. The molecule has 6 aliphatic rings. The largest absolute Gasteiger partial charge is 0.334 e. The molecule has 0 N–H and O–H groups in total. The summed E-state index contributed by atoms with van der Waals surface area (Å²) >= 11 is 4.00. The van der Waals surface area contributed by atoms with Gasteiger partial charge in [-0.05, 0) is 152 Å². The van der Waals surface area contributed by atoms with E-state index in [1.54, 1.807) is 0 Å². The van der Waals surface area contributed by atoms with E-state index in [-0.39, 0.29) is 36.4 Å². The van der Waals surface area contributed by atoms with Gasteiger partial charge < -0.3 is 19.6 Å². The third kappa shape index (κ3) is 11.3. The average molecular weight is 1440 g/mol. The van der Waals surface area contributed by atoms with Crippen molar-refractivity contribution in [2.75, 3.05) is 19.6 Å². The van der Waals surface area contributed by atoms with Crippen LogP contribution in [0.1, 0.15) is 0 Å². The quantitative estimate of drug-likeness (QED) is 0.0999. The molecule has 0 saturated carbocycles. The van der Waals surface area contributed by atoms with Gasteiger partial charge in [-0.1, -0.05) is 344 Å². The average Bonchev–Trinajstić information content (AvgIpc) is 0.685. The number of hydrogen-bond acceptors (Lipinski definition) is 6. The Bertz CT molecular complexity index is 6080. The second-order valence-electron chi connectivity index (χ2n) is 29.3. The highest BCUT2D eigenvalue weighted by Crippen LogP contribution is 2.60. The smallest absolute Gasteiger partial charge is 0.225 e. The molecule has 21 rings (SSSR count). The van der Waals surface area contributed by atoms with Crippen LogP contribution < -0.4 is 36.0 Å². The molecule has 15 aromatic carbocycles. The van der Waals surface area contributed by atoms with Crippen molar-refractivity contribution in [3.8, 4) is 66.8 Å². The molecule has 4 atom stereocenters. The van der Waals surface area contributed by atoms with Crippen molar-refractivity contribution in [1.29, 1.82) is 0 Å². The van der Waals surface area contributed by atoms with Crippen LogP contribution in [0.3, 0.4) is 0 Å². The third-order valence-corrected chi connectivity index (χ3v) is 25.6. The summed E-state index contributed by atoms with van der Waals surface area (Å²) in [6.07, 6.45) is 10.8. The summed E-state index contributed by atoms with van der Waals surface area (Å²) in [5.74, 6) is -0.0183. The molecule has 2 aliphatic carbocycles. The lowest BCUT2D eigenvalue weighted by molar-refractivity contribution is 0.681. The van der Waals surface area contributed by atoms with Crippen LogP contribution in [0.2, 0.25) is 11.6 Å². The van der Waals surface area contributed by atoms with Gasteiger partial charge in [0.25, 0.3) is 0 Å². The van der Waals surface area contributed by atoms with Gasteiger partial charge in [0, 0.05) is 93.5 Å². The van der Waals surface area contributed by atoms with Gasteiger partial charge in [-0.25, -0.2) is 0 Å². The number of rotatable bonds is 14. The molecule has 0 aromatic heterocycles. The van der Waals surface area contributed by atoms with E-state index in [9.17, 15) is 0 Å². The molecule has 0 spiro atoms. The molecule has 4 aliphatic heterocycles. The summed E-state index contributed by atoms with van der Waals surface area (Å²) < 4.78 is 0. The first kappa shape index (κ1) is 65.6. The van der Waals surface area contributed by atoms with Crippen LogP contribution in [0, 0.1) is 0 Å². The van der Waals surface area contributed by atoms with Crippen LogP contribution in [-0.4, -0.2) is 24.7 Å². The minimum atomic E-state index is -0.269. The highest BCUT2D eigenvalue weighted by atomic mass is 32.2. The number of para-hydroxylation sites is 5. The number of benzene rings is 15. The molecule has 4 unspecified atom stereocenters. The van der Waals surface area contributed by atoms with Gasteiger partial charge in [0.05, 0.1) is 23.1 Å². The molecule has 15 aromatic rings. The molecule has 1 fully saturated rings. The molecule has 4 heterocycles. The maximum atomic E-state index is 2.86. The molecule has 110 heavy (non-hydrogen) atoms. The molecule has 1 saturated heterocycles. The van der Waals surface area contributed by atoms with Crippen molar-refractivity contribution in [3.05, 3.63) is 435 Å². The predicted molar refractivity (Wildman–Crippen MR) is 467 cm³/mol. The second-order valence-corrected chi connectivity index (χ2v) is 31.6. The predicted octanol–water partition coefficient (Wildman–Crippen LogP) is 24.9. The Labute approximate surface area is 653 Å². The normalized spacial score (nSPS) is 16.8. The van der Waals surface area contributed by atoms with E-state index in [0.717, 1.165) is 50.9 Å². The van der Waals surface area contributed by atoms with Gasteiger partial charge in [-0.15, -0.1) is 11.8 Å². The molecule has 8 heteroatoms. The van der Waals surface area contributed by atoms with Crippen LogP contribution in [0.15, 0.2) is 450 Å². The van der Waals surface area contributed by atoms with Gasteiger partial charge in [-0.3, -0.25) is 0 Å². The Kier molecular flexibility index (Phi) is 16.6. The Hall–Kier alpha value is -12.7. The standard InChI is InChI=1S/C102H72B2N4S2/c1-8-31-69(32-9-1)71-55-59-78(60-56-71)105(90-51-26-22-45-82(90)73-35-12-3-13-36-73)80-63-94-100-95(64-80)108(102-84(75-39-16-5-17-40-75)47-30-48-85(102)76-41-18-6-19-42-76)93-68-97-89(67-88(93)103(100)86-49-24-28-53-92(86)107(94)77-43-20-7-21-44-77)104-87-50-25-29-54-96(87)109-98-65-81(66-99(110-97)101(98)104)106(79-61-57-72(58-62-79)70-33-10-2-11-34-70)91-52-27-23-46-83(91)74-37-14-4-15-38-74/h1-68,89,95,97,100H. The monoisotopic (exact) mass is 1440 g/mol. The van der Waals surface area contributed by atoms with Crippen molar-refractivity contribution in [1.82, 2.24) is 0 Å². The zero-order chi connectivity index (χ0) is 72.6. The molecule has 0 amide bonds. The van der Waals surface area contributed by atoms with Gasteiger partial charge in [-0.2, -0.15) is 0 Å². The van der Waals surface area contributed by atoms with Crippen LogP contribution in [0.25, 0.3) is 66.8 Å². The maximum Gasteiger partial charge on any atom is 0.225 e. The molecular weight excluding hydrogens is 1370 g/mol. The van der Waals surface area contributed by atoms with E-state index in [0.29, 0.717) is 0 Å². The van der Waals surface area contributed by atoms with Crippen molar-refractivity contribution in [2.45, 2.75) is 37.6 Å². The lowest BCUT2D eigenvalue weighted by Gasteiger charge is -2.57. The second kappa shape index (κ2) is 27.8. The lowest BCUT2D eigenvalue weighted by atomic mass is 9.25. The van der Waals surface area contributed by atoms with Crippen LogP contribution in [-0.2, 0) is 0 Å². The van der Waals surface area contributed by atoms with E-state index >= 15 is 0 Å². The van der Waals surface area contributed by atoms with Gasteiger partial charge in [0.2, 0.25) is 13.4 Å². The number of allylic oxidation sites excluding steroid dienone is 3. The minimum absolute atomic E-state index is 0.00270. The van der Waals surface area contributed by atoms with E-state index in [1.807, 2.05) is 11.8 Å². The highest BCUT2D eigenvalue weighted by molar-refractivity contribution is 8.01. The number of anilines is 8. The Morgan fingerprint density at radius 1 is 0.327 bits per heavy atom. The van der Waals surface area contributed by atoms with Crippen molar-refractivity contribution in [3.63, 3.8) is 0 Å². The number of fused-ring (bicyclic) bond motifs is 8. The summed E-state index contributed by atoms with van der Waals surface area (Å²) in [5.41, 5.74) is 32.2. The van der Waals surface area contributed by atoms with Gasteiger partial charge in [0.1, 0.15) is 0 Å².